The predicted molar refractivity (Wildman–Crippen MR) is 64.4 cm³/mol. The number of nitrogens with one attached hydrogen (secondary N) is 1. The Morgan fingerprint density at radius 2 is 2.16 bits per heavy atom. The summed E-state index contributed by atoms with van der Waals surface area (Å²) in [6.45, 7) is 1.62. The summed E-state index contributed by atoms with van der Waals surface area (Å²) in [5.74, 6) is -0.712. The summed E-state index contributed by atoms with van der Waals surface area (Å²) in [5.41, 5.74) is -0.128. The third kappa shape index (κ3) is 2.60. The normalized spacial score (nSPS) is 11.5. The van der Waals surface area contributed by atoms with E-state index in [9.17, 15) is 13.2 Å². The number of hydrogen-bond donors (Lipinski definition) is 2. The monoisotopic (exact) mass is 285 g/mol. The topological polar surface area (TPSA) is 114 Å². The number of carboxylic acids is 1. The largest absolute Gasteiger partial charge is 0.477 e. The number of anilines is 1. The molecule has 0 saturated carbocycles. The van der Waals surface area contributed by atoms with E-state index in [0.29, 0.717) is 5.76 Å². The van der Waals surface area contributed by atoms with Crippen LogP contribution in [0.4, 0.5) is 5.82 Å². The Morgan fingerprint density at radius 1 is 1.47 bits per heavy atom. The molecule has 2 aromatic rings. The highest BCUT2D eigenvalue weighted by Crippen LogP contribution is 2.18. The van der Waals surface area contributed by atoms with Crippen LogP contribution in [0.25, 0.3) is 0 Å². The van der Waals surface area contributed by atoms with Gasteiger partial charge in [0.05, 0.1) is 0 Å². The van der Waals surface area contributed by atoms with Crippen LogP contribution in [-0.4, -0.2) is 29.2 Å². The first-order chi connectivity index (χ1) is 8.79. The van der Waals surface area contributed by atoms with Crippen molar-refractivity contribution in [2.24, 2.45) is 7.05 Å². The number of aromatic nitrogens is 2. The first kappa shape index (κ1) is 13.1. The summed E-state index contributed by atoms with van der Waals surface area (Å²) in [5, 5.41) is 12.4. The van der Waals surface area contributed by atoms with E-state index in [0.717, 1.165) is 6.07 Å². The van der Waals surface area contributed by atoms with Crippen LogP contribution in [0.5, 0.6) is 0 Å². The van der Waals surface area contributed by atoms with Crippen molar-refractivity contribution in [3.63, 3.8) is 0 Å². The fourth-order valence-electron chi connectivity index (χ4n) is 1.50. The number of carbonyl (C=O) groups is 1. The SMILES string of the molecule is Cc1cc(NS(=O)(=O)c2cc(C(=O)O)n(C)c2)no1. The van der Waals surface area contributed by atoms with E-state index >= 15 is 0 Å². The van der Waals surface area contributed by atoms with Crippen LogP contribution >= 0.6 is 0 Å². The molecule has 0 amide bonds. The van der Waals surface area contributed by atoms with Gasteiger partial charge in [-0.2, -0.15) is 0 Å². The third-order valence-corrected chi connectivity index (χ3v) is 3.70. The van der Waals surface area contributed by atoms with Crippen molar-refractivity contribution in [3.8, 4) is 0 Å². The Hall–Kier alpha value is -2.29. The maximum absolute atomic E-state index is 12.0. The molecule has 0 unspecified atom stereocenters. The van der Waals surface area contributed by atoms with E-state index in [1.807, 2.05) is 0 Å². The van der Waals surface area contributed by atoms with E-state index in [1.54, 1.807) is 6.92 Å². The third-order valence-electron chi connectivity index (χ3n) is 2.38. The predicted octanol–water partition coefficient (Wildman–Crippen LogP) is 0.821. The molecule has 2 N–H and O–H groups in total. The van der Waals surface area contributed by atoms with Gasteiger partial charge in [0.1, 0.15) is 16.3 Å². The second-order valence-electron chi connectivity index (χ2n) is 3.91. The average Bonchev–Trinajstić information content (AvgIpc) is 2.84. The molecule has 0 aromatic carbocycles. The summed E-state index contributed by atoms with van der Waals surface area (Å²) < 4.78 is 32.1. The van der Waals surface area contributed by atoms with E-state index in [1.165, 1.54) is 23.9 Å². The molecule has 0 aliphatic heterocycles. The molecular weight excluding hydrogens is 274 g/mol. The van der Waals surface area contributed by atoms with Gasteiger partial charge in [-0.25, -0.2) is 13.2 Å². The fourth-order valence-corrected chi connectivity index (χ4v) is 2.56. The molecule has 2 aromatic heterocycles. The number of hydrogen-bond acceptors (Lipinski definition) is 5. The highest BCUT2D eigenvalue weighted by atomic mass is 32.2. The molecular formula is C10H11N3O5S. The highest BCUT2D eigenvalue weighted by molar-refractivity contribution is 7.92. The molecule has 0 fully saturated rings. The van der Waals surface area contributed by atoms with Gasteiger partial charge in [0, 0.05) is 19.3 Å². The van der Waals surface area contributed by atoms with Crippen molar-refractivity contribution in [2.75, 3.05) is 4.72 Å². The quantitative estimate of drug-likeness (QED) is 0.859. The van der Waals surface area contributed by atoms with Gasteiger partial charge in [-0.1, -0.05) is 5.16 Å². The van der Waals surface area contributed by atoms with Gasteiger partial charge in [-0.05, 0) is 13.0 Å². The van der Waals surface area contributed by atoms with Gasteiger partial charge < -0.3 is 14.2 Å². The van der Waals surface area contributed by atoms with Gasteiger partial charge in [0.15, 0.2) is 5.82 Å². The number of nitrogens with zero attached hydrogens (tertiary/aromatic N) is 2. The van der Waals surface area contributed by atoms with Gasteiger partial charge in [-0.3, -0.25) is 4.72 Å². The van der Waals surface area contributed by atoms with Crippen LogP contribution in [-0.2, 0) is 17.1 Å². The molecule has 2 heterocycles. The molecule has 2 rings (SSSR count). The lowest BCUT2D eigenvalue weighted by atomic mass is 10.4. The van der Waals surface area contributed by atoms with E-state index in [2.05, 4.69) is 9.88 Å². The highest BCUT2D eigenvalue weighted by Gasteiger charge is 2.21. The zero-order chi connectivity index (χ0) is 14.2. The van der Waals surface area contributed by atoms with Crippen LogP contribution in [0.2, 0.25) is 0 Å². The second-order valence-corrected chi connectivity index (χ2v) is 5.59. The van der Waals surface area contributed by atoms with Crippen LogP contribution in [0, 0.1) is 6.92 Å². The Balaban J connectivity index is 2.34. The average molecular weight is 285 g/mol. The molecule has 0 saturated heterocycles. The van der Waals surface area contributed by atoms with E-state index in [4.69, 9.17) is 9.63 Å². The number of rotatable bonds is 4. The standard InChI is InChI=1S/C10H11N3O5S/c1-6-3-9(11-18-6)12-19(16,17)7-4-8(10(14)15)13(2)5-7/h3-5H,1-2H3,(H,11,12)(H,14,15). The summed E-state index contributed by atoms with van der Waals surface area (Å²) in [6.07, 6.45) is 1.21. The Bertz CT molecular complexity index is 728. The number of aryl methyl sites for hydroxylation is 2. The summed E-state index contributed by atoms with van der Waals surface area (Å²) in [4.78, 5) is 10.7. The van der Waals surface area contributed by atoms with E-state index < -0.39 is 16.0 Å². The lowest BCUT2D eigenvalue weighted by Gasteiger charge is -2.01. The number of carboxylic acid groups (broad SMARTS) is 1. The molecule has 0 spiro atoms. The molecule has 0 atom stereocenters. The lowest BCUT2D eigenvalue weighted by Crippen LogP contribution is -2.12. The van der Waals surface area contributed by atoms with Crippen molar-refractivity contribution < 1.29 is 22.8 Å². The minimum absolute atomic E-state index is 0.0400. The molecule has 8 nitrogen and oxygen atoms in total. The molecule has 9 heteroatoms. The molecule has 19 heavy (non-hydrogen) atoms. The Labute approximate surface area is 108 Å². The van der Waals surface area contributed by atoms with Gasteiger partial charge in [0.2, 0.25) is 0 Å². The van der Waals surface area contributed by atoms with Crippen molar-refractivity contribution in [1.82, 2.24) is 9.72 Å². The Morgan fingerprint density at radius 3 is 2.63 bits per heavy atom. The first-order valence-corrected chi connectivity index (χ1v) is 6.64. The van der Waals surface area contributed by atoms with Crippen LogP contribution in [0.15, 0.2) is 27.7 Å². The molecule has 0 bridgehead atoms. The van der Waals surface area contributed by atoms with Crippen molar-refractivity contribution in [2.45, 2.75) is 11.8 Å². The fraction of sp³-hybridized carbons (Fsp3) is 0.200. The number of aromatic carboxylic acids is 1. The molecule has 102 valence electrons. The zero-order valence-electron chi connectivity index (χ0n) is 10.1. The second kappa shape index (κ2) is 4.43. The molecule has 0 aliphatic rings. The van der Waals surface area contributed by atoms with Crippen LogP contribution < -0.4 is 4.72 Å². The van der Waals surface area contributed by atoms with Gasteiger partial charge >= 0.3 is 5.97 Å². The van der Waals surface area contributed by atoms with Crippen LogP contribution in [0.3, 0.4) is 0 Å². The summed E-state index contributed by atoms with van der Waals surface area (Å²) in [6, 6.07) is 2.48. The lowest BCUT2D eigenvalue weighted by molar-refractivity contribution is 0.0686. The summed E-state index contributed by atoms with van der Waals surface area (Å²) in [7, 11) is -2.44. The maximum atomic E-state index is 12.0. The summed E-state index contributed by atoms with van der Waals surface area (Å²) >= 11 is 0. The van der Waals surface area contributed by atoms with Gasteiger partial charge in [0.25, 0.3) is 10.0 Å². The van der Waals surface area contributed by atoms with Crippen LogP contribution in [0.1, 0.15) is 16.2 Å². The van der Waals surface area contributed by atoms with Gasteiger partial charge in [-0.15, -0.1) is 0 Å². The van der Waals surface area contributed by atoms with Crippen molar-refractivity contribution in [3.05, 3.63) is 29.8 Å². The molecule has 0 radical (unpaired) electrons. The Kier molecular flexibility index (Phi) is 3.06. The van der Waals surface area contributed by atoms with Crippen molar-refractivity contribution in [1.29, 1.82) is 0 Å². The molecule has 0 aliphatic carbocycles. The first-order valence-electron chi connectivity index (χ1n) is 5.15. The minimum Gasteiger partial charge on any atom is -0.477 e. The zero-order valence-corrected chi connectivity index (χ0v) is 10.9. The maximum Gasteiger partial charge on any atom is 0.352 e. The minimum atomic E-state index is -3.89. The van der Waals surface area contributed by atoms with Crippen molar-refractivity contribution >= 4 is 21.8 Å². The van der Waals surface area contributed by atoms with E-state index in [-0.39, 0.29) is 16.4 Å². The number of sulfonamides is 1. The smallest absolute Gasteiger partial charge is 0.352 e.